The molecule has 0 bridgehead atoms. The molecule has 0 aliphatic carbocycles. The van der Waals surface area contributed by atoms with Crippen LogP contribution in [0.25, 0.3) is 0 Å². The Kier molecular flexibility index (Phi) is 7.65. The second-order valence-corrected chi connectivity index (χ2v) is 11.5. The average molecular weight is 542 g/mol. The van der Waals surface area contributed by atoms with E-state index in [4.69, 9.17) is 4.74 Å². The number of para-hydroxylation sites is 1. The van der Waals surface area contributed by atoms with E-state index in [1.54, 1.807) is 42.2 Å². The highest BCUT2D eigenvalue weighted by Gasteiger charge is 2.30. The largest absolute Gasteiger partial charge is 0.462 e. The highest BCUT2D eigenvalue weighted by atomic mass is 32.2. The Morgan fingerprint density at radius 3 is 2.38 bits per heavy atom. The number of thiophene rings is 1. The van der Waals surface area contributed by atoms with Crippen LogP contribution in [0.1, 0.15) is 45.0 Å². The van der Waals surface area contributed by atoms with Gasteiger partial charge < -0.3 is 15.0 Å². The second-order valence-electron chi connectivity index (χ2n) is 8.41. The van der Waals surface area contributed by atoms with Crippen molar-refractivity contribution in [3.8, 4) is 0 Å². The van der Waals surface area contributed by atoms with Crippen LogP contribution in [0.5, 0.6) is 0 Å². The molecule has 11 heteroatoms. The highest BCUT2D eigenvalue weighted by molar-refractivity contribution is 7.92. The van der Waals surface area contributed by atoms with Crippen LogP contribution in [-0.2, 0) is 32.5 Å². The molecule has 0 unspecified atom stereocenters. The minimum atomic E-state index is -3.82. The van der Waals surface area contributed by atoms with Crippen molar-refractivity contribution >= 4 is 49.8 Å². The first-order valence-electron chi connectivity index (χ1n) is 11.7. The second kappa shape index (κ2) is 10.7. The van der Waals surface area contributed by atoms with Gasteiger partial charge in [-0.3, -0.25) is 13.9 Å². The van der Waals surface area contributed by atoms with Gasteiger partial charge in [0.25, 0.3) is 15.9 Å². The van der Waals surface area contributed by atoms with Gasteiger partial charge in [0.2, 0.25) is 5.91 Å². The highest BCUT2D eigenvalue weighted by Crippen LogP contribution is 2.38. The molecule has 9 nitrogen and oxygen atoms in total. The Morgan fingerprint density at radius 1 is 1.08 bits per heavy atom. The number of amides is 2. The van der Waals surface area contributed by atoms with Crippen molar-refractivity contribution in [2.24, 2.45) is 0 Å². The van der Waals surface area contributed by atoms with E-state index < -0.39 is 21.9 Å². The Bertz CT molecular complexity index is 1430. The molecule has 3 aromatic rings. The average Bonchev–Trinajstić information content (AvgIpc) is 3.25. The summed E-state index contributed by atoms with van der Waals surface area (Å²) < 4.78 is 32.4. The lowest BCUT2D eigenvalue weighted by Crippen LogP contribution is -2.34. The van der Waals surface area contributed by atoms with Gasteiger partial charge in [-0.15, -0.1) is 11.3 Å². The number of esters is 1. The molecule has 0 atom stereocenters. The number of fused-ring (bicyclic) bond motifs is 1. The molecule has 1 aliphatic rings. The van der Waals surface area contributed by atoms with Gasteiger partial charge in [-0.25, -0.2) is 13.2 Å². The number of sulfonamides is 1. The maximum atomic E-state index is 13.1. The molecule has 0 saturated carbocycles. The molecule has 0 saturated heterocycles. The third kappa shape index (κ3) is 5.37. The van der Waals surface area contributed by atoms with Crippen molar-refractivity contribution in [3.05, 3.63) is 76.2 Å². The number of carbonyl (C=O) groups excluding carboxylic acids is 3. The number of carbonyl (C=O) groups is 3. The maximum Gasteiger partial charge on any atom is 0.341 e. The molecule has 0 fully saturated rings. The zero-order chi connectivity index (χ0) is 26.7. The molecule has 2 heterocycles. The summed E-state index contributed by atoms with van der Waals surface area (Å²) in [7, 11) is -2.36. The topological polar surface area (TPSA) is 113 Å². The van der Waals surface area contributed by atoms with Gasteiger partial charge in [0.1, 0.15) is 5.00 Å². The van der Waals surface area contributed by atoms with E-state index in [1.165, 1.54) is 53.9 Å². The number of hydrogen-bond donors (Lipinski definition) is 1. The fourth-order valence-corrected chi connectivity index (χ4v) is 6.51. The van der Waals surface area contributed by atoms with Crippen molar-refractivity contribution in [1.29, 1.82) is 0 Å². The van der Waals surface area contributed by atoms with Crippen molar-refractivity contribution in [1.82, 2.24) is 4.90 Å². The minimum Gasteiger partial charge on any atom is -0.462 e. The monoisotopic (exact) mass is 541 g/mol. The SMILES string of the molecule is CCOC(=O)c1c(NC(=O)c2ccc(S(=O)(=O)N(C)c3ccccc3)cc2)sc2c1CCN(C(C)=O)C2. The minimum absolute atomic E-state index is 0.0403. The molecule has 2 amide bonds. The standard InChI is InChI=1S/C26H27N3O6S2/c1-4-35-26(32)23-21-14-15-29(17(2)30)16-22(21)36-25(23)27-24(31)18-10-12-20(13-11-18)37(33,34)28(3)19-8-6-5-7-9-19/h5-13H,4,14-16H2,1-3H3,(H,27,31). The summed E-state index contributed by atoms with van der Waals surface area (Å²) in [4.78, 5) is 40.2. The molecule has 0 radical (unpaired) electrons. The number of rotatable bonds is 7. The fourth-order valence-electron chi connectivity index (χ4n) is 4.07. The van der Waals surface area contributed by atoms with Gasteiger partial charge in [0.05, 0.1) is 29.3 Å². The summed E-state index contributed by atoms with van der Waals surface area (Å²) in [6, 6.07) is 14.3. The van der Waals surface area contributed by atoms with Gasteiger partial charge in [0.15, 0.2) is 0 Å². The Labute approximate surface area is 219 Å². The van der Waals surface area contributed by atoms with Crippen molar-refractivity contribution in [3.63, 3.8) is 0 Å². The molecular formula is C26H27N3O6S2. The van der Waals surface area contributed by atoms with Crippen LogP contribution in [0, 0.1) is 0 Å². The first kappa shape index (κ1) is 26.4. The van der Waals surface area contributed by atoms with Gasteiger partial charge in [-0.05, 0) is 55.3 Å². The van der Waals surface area contributed by atoms with Crippen LogP contribution >= 0.6 is 11.3 Å². The van der Waals surface area contributed by atoms with Crippen LogP contribution in [0.3, 0.4) is 0 Å². The smallest absolute Gasteiger partial charge is 0.341 e. The van der Waals surface area contributed by atoms with E-state index in [0.717, 1.165) is 10.4 Å². The lowest BCUT2D eigenvalue weighted by molar-refractivity contribution is -0.129. The lowest BCUT2D eigenvalue weighted by atomic mass is 10.0. The van der Waals surface area contributed by atoms with Crippen LogP contribution in [-0.4, -0.2) is 51.3 Å². The summed E-state index contributed by atoms with van der Waals surface area (Å²) in [5.41, 5.74) is 1.83. The number of hydrogen-bond acceptors (Lipinski definition) is 7. The van der Waals surface area contributed by atoms with E-state index in [9.17, 15) is 22.8 Å². The van der Waals surface area contributed by atoms with Crippen molar-refractivity contribution in [2.45, 2.75) is 31.7 Å². The third-order valence-electron chi connectivity index (χ3n) is 6.10. The van der Waals surface area contributed by atoms with E-state index in [1.807, 2.05) is 0 Å². The molecule has 1 aromatic heterocycles. The fraction of sp³-hybridized carbons (Fsp3) is 0.269. The first-order valence-corrected chi connectivity index (χ1v) is 13.9. The molecule has 37 heavy (non-hydrogen) atoms. The lowest BCUT2D eigenvalue weighted by Gasteiger charge is -2.25. The number of nitrogens with one attached hydrogen (secondary N) is 1. The maximum absolute atomic E-state index is 13.1. The molecule has 194 valence electrons. The predicted molar refractivity (Wildman–Crippen MR) is 141 cm³/mol. The van der Waals surface area contributed by atoms with Gasteiger partial charge in [-0.2, -0.15) is 0 Å². The van der Waals surface area contributed by atoms with Crippen LogP contribution < -0.4 is 9.62 Å². The molecule has 1 aliphatic heterocycles. The van der Waals surface area contributed by atoms with Crippen molar-refractivity contribution < 1.29 is 27.5 Å². The van der Waals surface area contributed by atoms with E-state index in [0.29, 0.717) is 35.8 Å². The van der Waals surface area contributed by atoms with Crippen LogP contribution in [0.4, 0.5) is 10.7 Å². The Balaban J connectivity index is 1.58. The third-order valence-corrected chi connectivity index (χ3v) is 9.04. The summed E-state index contributed by atoms with van der Waals surface area (Å²) >= 11 is 1.24. The molecule has 2 aromatic carbocycles. The number of nitrogens with zero attached hydrogens (tertiary/aromatic N) is 2. The van der Waals surface area contributed by atoms with Crippen LogP contribution in [0.15, 0.2) is 59.5 Å². The van der Waals surface area contributed by atoms with Gasteiger partial charge >= 0.3 is 5.97 Å². The van der Waals surface area contributed by atoms with Gasteiger partial charge in [-0.1, -0.05) is 18.2 Å². The zero-order valence-electron chi connectivity index (χ0n) is 20.7. The van der Waals surface area contributed by atoms with E-state index in [2.05, 4.69) is 5.32 Å². The quantitative estimate of drug-likeness (QED) is 0.454. The Hall–Kier alpha value is -3.70. The predicted octanol–water partition coefficient (Wildman–Crippen LogP) is 3.91. The Morgan fingerprint density at radius 2 is 1.76 bits per heavy atom. The zero-order valence-corrected chi connectivity index (χ0v) is 22.3. The first-order chi connectivity index (χ1) is 17.6. The van der Waals surface area contributed by atoms with Crippen LogP contribution in [0.2, 0.25) is 0 Å². The summed E-state index contributed by atoms with van der Waals surface area (Å²) in [6.45, 7) is 4.22. The summed E-state index contributed by atoms with van der Waals surface area (Å²) in [6.07, 6.45) is 0.483. The summed E-state index contributed by atoms with van der Waals surface area (Å²) in [5.74, 6) is -1.08. The molecule has 4 rings (SSSR count). The number of benzene rings is 2. The molecule has 1 N–H and O–H groups in total. The summed E-state index contributed by atoms with van der Waals surface area (Å²) in [5, 5.41) is 3.14. The van der Waals surface area contributed by atoms with E-state index >= 15 is 0 Å². The van der Waals surface area contributed by atoms with E-state index in [-0.39, 0.29) is 23.0 Å². The van der Waals surface area contributed by atoms with Crippen molar-refractivity contribution in [2.75, 3.05) is 29.8 Å². The number of ether oxygens (including phenoxy) is 1. The number of anilines is 2. The normalized spacial score (nSPS) is 13.0. The molecule has 0 spiro atoms. The molecular weight excluding hydrogens is 514 g/mol. The van der Waals surface area contributed by atoms with Gasteiger partial charge in [0, 0.05) is 31.0 Å².